The Morgan fingerprint density at radius 3 is 2.67 bits per heavy atom. The zero-order valence-corrected chi connectivity index (χ0v) is 12.1. The first-order valence-electron chi connectivity index (χ1n) is 6.71. The molecule has 2 aromatic carbocycles. The third-order valence-corrected chi connectivity index (χ3v) is 3.65. The van der Waals surface area contributed by atoms with Crippen LogP contribution in [0.25, 0.3) is 10.8 Å². The number of hydrogen-bond donors (Lipinski definition) is 1. The minimum Gasteiger partial charge on any atom is -0.495 e. The highest BCUT2D eigenvalue weighted by Crippen LogP contribution is 2.37. The van der Waals surface area contributed by atoms with Gasteiger partial charge in [0.1, 0.15) is 5.75 Å². The van der Waals surface area contributed by atoms with Crippen LogP contribution in [0.5, 0.6) is 5.75 Å². The number of pyridine rings is 1. The molecule has 4 nitrogen and oxygen atoms in total. The Morgan fingerprint density at radius 1 is 1.05 bits per heavy atom. The molecule has 0 radical (unpaired) electrons. The van der Waals surface area contributed by atoms with E-state index >= 15 is 0 Å². The lowest BCUT2D eigenvalue weighted by Gasteiger charge is -2.24. The van der Waals surface area contributed by atoms with Gasteiger partial charge in [0.05, 0.1) is 24.2 Å². The lowest BCUT2D eigenvalue weighted by molar-refractivity contribution is 0.415. The normalized spacial score (nSPS) is 10.6. The molecule has 4 heteroatoms. The van der Waals surface area contributed by atoms with Gasteiger partial charge in [-0.15, -0.1) is 0 Å². The molecule has 0 fully saturated rings. The molecular formula is C17H17N3O. The largest absolute Gasteiger partial charge is 0.495 e. The Hall–Kier alpha value is -2.75. The van der Waals surface area contributed by atoms with Gasteiger partial charge in [-0.25, -0.2) is 0 Å². The highest BCUT2D eigenvalue weighted by Gasteiger charge is 2.13. The number of anilines is 3. The van der Waals surface area contributed by atoms with Crippen LogP contribution in [0.4, 0.5) is 17.1 Å². The van der Waals surface area contributed by atoms with Crippen LogP contribution in [-0.2, 0) is 0 Å². The van der Waals surface area contributed by atoms with Gasteiger partial charge < -0.3 is 15.4 Å². The molecular weight excluding hydrogens is 262 g/mol. The minimum absolute atomic E-state index is 0.739. The Morgan fingerprint density at radius 2 is 1.86 bits per heavy atom. The van der Waals surface area contributed by atoms with Gasteiger partial charge in [-0.1, -0.05) is 18.2 Å². The molecule has 0 saturated carbocycles. The number of fused-ring (bicyclic) bond motifs is 1. The quantitative estimate of drug-likeness (QED) is 0.744. The third kappa shape index (κ3) is 2.25. The lowest BCUT2D eigenvalue weighted by atomic mass is 10.1. The molecule has 0 amide bonds. The second-order valence-electron chi connectivity index (χ2n) is 4.83. The Balaban J connectivity index is 2.13. The molecule has 0 bridgehead atoms. The Kier molecular flexibility index (Phi) is 3.36. The molecule has 0 atom stereocenters. The highest BCUT2D eigenvalue weighted by molar-refractivity contribution is 5.99. The van der Waals surface area contributed by atoms with Crippen molar-refractivity contribution in [3.8, 4) is 5.75 Å². The van der Waals surface area contributed by atoms with E-state index in [1.165, 1.54) is 0 Å². The van der Waals surface area contributed by atoms with Gasteiger partial charge in [0, 0.05) is 30.2 Å². The number of ether oxygens (including phenoxy) is 1. The number of rotatable bonds is 3. The summed E-state index contributed by atoms with van der Waals surface area (Å²) in [5.74, 6) is 0.814. The van der Waals surface area contributed by atoms with E-state index in [4.69, 9.17) is 10.5 Å². The Labute approximate surface area is 123 Å². The maximum atomic E-state index is 6.34. The van der Waals surface area contributed by atoms with Gasteiger partial charge in [-0.3, -0.25) is 4.98 Å². The van der Waals surface area contributed by atoms with Crippen molar-refractivity contribution in [3.63, 3.8) is 0 Å². The first-order valence-corrected chi connectivity index (χ1v) is 6.71. The number of nitrogen functional groups attached to an aromatic ring is 1. The first kappa shape index (κ1) is 13.2. The average molecular weight is 279 g/mol. The zero-order chi connectivity index (χ0) is 14.8. The van der Waals surface area contributed by atoms with E-state index in [2.05, 4.69) is 4.98 Å². The second kappa shape index (κ2) is 5.32. The Bertz CT molecular complexity index is 786. The van der Waals surface area contributed by atoms with Crippen molar-refractivity contribution >= 4 is 27.8 Å². The molecule has 0 saturated heterocycles. The summed E-state index contributed by atoms with van der Waals surface area (Å²) in [6, 6.07) is 13.8. The van der Waals surface area contributed by atoms with Crippen LogP contribution in [0.3, 0.4) is 0 Å². The molecule has 1 heterocycles. The number of aromatic nitrogens is 1. The fourth-order valence-electron chi connectivity index (χ4n) is 2.51. The summed E-state index contributed by atoms with van der Waals surface area (Å²) in [6.07, 6.45) is 3.57. The summed E-state index contributed by atoms with van der Waals surface area (Å²) in [4.78, 5) is 6.16. The summed E-state index contributed by atoms with van der Waals surface area (Å²) in [5.41, 5.74) is 8.99. The van der Waals surface area contributed by atoms with Crippen LogP contribution in [0.15, 0.2) is 54.9 Å². The molecule has 0 spiro atoms. The summed E-state index contributed by atoms with van der Waals surface area (Å²) >= 11 is 0. The van der Waals surface area contributed by atoms with Crippen LogP contribution < -0.4 is 15.4 Å². The molecule has 2 N–H and O–H groups in total. The van der Waals surface area contributed by atoms with Crippen LogP contribution in [0.1, 0.15) is 0 Å². The SMILES string of the molecule is COc1ccccc1N(C)c1ccc2cnccc2c1N. The average Bonchev–Trinajstić information content (AvgIpc) is 2.55. The lowest BCUT2D eigenvalue weighted by Crippen LogP contribution is -2.12. The van der Waals surface area contributed by atoms with Crippen LogP contribution >= 0.6 is 0 Å². The van der Waals surface area contributed by atoms with Crippen LogP contribution in [0, 0.1) is 0 Å². The number of nitrogens with zero attached hydrogens (tertiary/aromatic N) is 2. The summed E-state index contributed by atoms with van der Waals surface area (Å²) < 4.78 is 5.42. The maximum absolute atomic E-state index is 6.34. The number of hydrogen-bond acceptors (Lipinski definition) is 4. The first-order chi connectivity index (χ1) is 10.2. The molecule has 0 aliphatic rings. The van der Waals surface area contributed by atoms with E-state index in [1.807, 2.05) is 60.6 Å². The predicted octanol–water partition coefficient (Wildman–Crippen LogP) is 3.59. The fourth-order valence-corrected chi connectivity index (χ4v) is 2.51. The van der Waals surface area contributed by atoms with E-state index in [0.717, 1.165) is 33.6 Å². The van der Waals surface area contributed by atoms with Crippen molar-refractivity contribution in [3.05, 3.63) is 54.9 Å². The second-order valence-corrected chi connectivity index (χ2v) is 4.83. The molecule has 1 aromatic heterocycles. The van der Waals surface area contributed by atoms with Crippen LogP contribution in [0.2, 0.25) is 0 Å². The third-order valence-electron chi connectivity index (χ3n) is 3.65. The number of benzene rings is 2. The molecule has 106 valence electrons. The molecule has 0 unspecified atom stereocenters. The number of nitrogens with two attached hydrogens (primary N) is 1. The van der Waals surface area contributed by atoms with Gasteiger partial charge in [0.2, 0.25) is 0 Å². The van der Waals surface area contributed by atoms with E-state index in [-0.39, 0.29) is 0 Å². The molecule has 3 aromatic rings. The molecule has 3 rings (SSSR count). The van der Waals surface area contributed by atoms with Crippen LogP contribution in [-0.4, -0.2) is 19.1 Å². The topological polar surface area (TPSA) is 51.4 Å². The smallest absolute Gasteiger partial charge is 0.142 e. The van der Waals surface area contributed by atoms with E-state index in [0.29, 0.717) is 0 Å². The fraction of sp³-hybridized carbons (Fsp3) is 0.118. The number of para-hydroxylation sites is 2. The van der Waals surface area contributed by atoms with Gasteiger partial charge in [0.15, 0.2) is 0 Å². The highest BCUT2D eigenvalue weighted by atomic mass is 16.5. The summed E-state index contributed by atoms with van der Waals surface area (Å²) in [7, 11) is 3.65. The molecule has 0 aliphatic carbocycles. The summed E-state index contributed by atoms with van der Waals surface area (Å²) in [5, 5.41) is 2.04. The van der Waals surface area contributed by atoms with Crippen molar-refractivity contribution in [2.75, 3.05) is 24.8 Å². The van der Waals surface area contributed by atoms with Crippen molar-refractivity contribution in [2.45, 2.75) is 0 Å². The van der Waals surface area contributed by atoms with E-state index in [9.17, 15) is 0 Å². The van der Waals surface area contributed by atoms with Crippen molar-refractivity contribution < 1.29 is 4.74 Å². The van der Waals surface area contributed by atoms with Crippen molar-refractivity contribution in [1.29, 1.82) is 0 Å². The number of methoxy groups -OCH3 is 1. The van der Waals surface area contributed by atoms with Gasteiger partial charge in [-0.2, -0.15) is 0 Å². The predicted molar refractivity (Wildman–Crippen MR) is 87.2 cm³/mol. The molecule has 0 aliphatic heterocycles. The standard InChI is InChI=1S/C17H17N3O/c1-20(14-5-3-4-6-16(14)21-2)15-8-7-12-11-19-10-9-13(12)17(15)18/h3-11H,18H2,1-2H3. The van der Waals surface area contributed by atoms with Gasteiger partial charge in [0.25, 0.3) is 0 Å². The van der Waals surface area contributed by atoms with Gasteiger partial charge >= 0.3 is 0 Å². The van der Waals surface area contributed by atoms with Crippen molar-refractivity contribution in [1.82, 2.24) is 4.98 Å². The molecule has 21 heavy (non-hydrogen) atoms. The monoisotopic (exact) mass is 279 g/mol. The van der Waals surface area contributed by atoms with E-state index < -0.39 is 0 Å². The minimum atomic E-state index is 0.739. The maximum Gasteiger partial charge on any atom is 0.142 e. The van der Waals surface area contributed by atoms with Crippen molar-refractivity contribution in [2.24, 2.45) is 0 Å². The zero-order valence-electron chi connectivity index (χ0n) is 12.1. The van der Waals surface area contributed by atoms with E-state index in [1.54, 1.807) is 13.3 Å². The van der Waals surface area contributed by atoms with Gasteiger partial charge in [-0.05, 0) is 24.3 Å². The summed E-state index contributed by atoms with van der Waals surface area (Å²) in [6.45, 7) is 0.